The first-order valence-electron chi connectivity index (χ1n) is 11.3. The van der Waals surface area contributed by atoms with Gasteiger partial charge in [-0.15, -0.1) is 0 Å². The number of carbonyl (C=O) groups is 1. The van der Waals surface area contributed by atoms with E-state index in [0.29, 0.717) is 11.3 Å². The molecule has 2 atom stereocenters. The second kappa shape index (κ2) is 7.24. The maximum absolute atomic E-state index is 12.9. The van der Waals surface area contributed by atoms with Crippen LogP contribution in [0.15, 0.2) is 58.5 Å². The van der Waals surface area contributed by atoms with E-state index >= 15 is 0 Å². The molecule has 1 saturated carbocycles. The average Bonchev–Trinajstić information content (AvgIpc) is 3.45. The Hall–Kier alpha value is -4.01. The maximum atomic E-state index is 12.9. The van der Waals surface area contributed by atoms with Gasteiger partial charge in [0.2, 0.25) is 0 Å². The smallest absolute Gasteiger partial charge is 0.325 e. The third-order valence-corrected chi connectivity index (χ3v) is 6.76. The Morgan fingerprint density at radius 2 is 1.97 bits per heavy atom. The average molecular weight is 457 g/mol. The molecule has 2 aliphatic rings. The number of aromatic amines is 2. The lowest BCUT2D eigenvalue weighted by Crippen LogP contribution is -2.55. The molecule has 1 aliphatic carbocycles. The Morgan fingerprint density at radius 1 is 1.15 bits per heavy atom. The fourth-order valence-electron chi connectivity index (χ4n) is 5.07. The van der Waals surface area contributed by atoms with Crippen molar-refractivity contribution in [1.29, 1.82) is 0 Å². The van der Waals surface area contributed by atoms with E-state index in [0.717, 1.165) is 41.8 Å². The van der Waals surface area contributed by atoms with Crippen LogP contribution in [0.3, 0.4) is 0 Å². The minimum absolute atomic E-state index is 0.0810. The highest BCUT2D eigenvalue weighted by Gasteiger charge is 2.42. The van der Waals surface area contributed by atoms with Gasteiger partial charge in [-0.25, -0.2) is 14.3 Å². The number of likely N-dealkylation sites (tertiary alicyclic amines) is 1. The van der Waals surface area contributed by atoms with E-state index in [1.807, 2.05) is 29.2 Å². The number of imidazole rings is 1. The quantitative estimate of drug-likeness (QED) is 0.490. The molecule has 3 aromatic heterocycles. The van der Waals surface area contributed by atoms with Gasteiger partial charge in [0.25, 0.3) is 11.5 Å². The van der Waals surface area contributed by atoms with E-state index in [2.05, 4.69) is 40.0 Å². The summed E-state index contributed by atoms with van der Waals surface area (Å²) in [5, 5.41) is 4.51. The van der Waals surface area contributed by atoms with Crippen molar-refractivity contribution < 1.29 is 4.79 Å². The Balaban J connectivity index is 1.32. The number of carbonyl (C=O) groups excluding carboxylic acids is 1. The van der Waals surface area contributed by atoms with Crippen molar-refractivity contribution >= 4 is 11.6 Å². The molecule has 1 amide bonds. The van der Waals surface area contributed by atoms with Crippen molar-refractivity contribution in [2.24, 2.45) is 5.41 Å². The van der Waals surface area contributed by atoms with Gasteiger partial charge in [-0.05, 0) is 47.4 Å². The van der Waals surface area contributed by atoms with Crippen molar-refractivity contribution in [3.63, 3.8) is 0 Å². The van der Waals surface area contributed by atoms with Gasteiger partial charge in [-0.2, -0.15) is 5.10 Å². The molecule has 2 N–H and O–H groups in total. The van der Waals surface area contributed by atoms with E-state index in [9.17, 15) is 14.4 Å². The molecule has 1 aliphatic heterocycles. The van der Waals surface area contributed by atoms with Gasteiger partial charge in [0.05, 0.1) is 11.3 Å². The summed E-state index contributed by atoms with van der Waals surface area (Å²) < 4.78 is 1.66. The molecule has 34 heavy (non-hydrogen) atoms. The zero-order valence-electron chi connectivity index (χ0n) is 18.9. The molecule has 0 unspecified atom stereocenters. The molecule has 6 rings (SSSR count). The lowest BCUT2D eigenvalue weighted by atomic mass is 9.84. The minimum atomic E-state index is -0.559. The summed E-state index contributed by atoms with van der Waals surface area (Å²) in [4.78, 5) is 47.8. The predicted molar refractivity (Wildman–Crippen MR) is 126 cm³/mol. The lowest BCUT2D eigenvalue weighted by Gasteiger charge is -2.45. The van der Waals surface area contributed by atoms with Crippen LogP contribution in [0.4, 0.5) is 0 Å². The number of amides is 1. The number of rotatable bonds is 4. The number of benzene rings is 1. The Morgan fingerprint density at radius 3 is 2.74 bits per heavy atom. The number of nitrogens with zero attached hydrogens (tertiary/aromatic N) is 4. The van der Waals surface area contributed by atoms with Gasteiger partial charge in [-0.3, -0.25) is 14.6 Å². The summed E-state index contributed by atoms with van der Waals surface area (Å²) in [5.74, 6) is 0.532. The van der Waals surface area contributed by atoms with Crippen molar-refractivity contribution in [3.05, 3.63) is 86.5 Å². The van der Waals surface area contributed by atoms with Crippen molar-refractivity contribution in [2.75, 3.05) is 13.1 Å². The van der Waals surface area contributed by atoms with Crippen molar-refractivity contribution in [1.82, 2.24) is 29.5 Å². The number of hydrogen-bond acceptors (Lipinski definition) is 5. The molecular formula is C25H24N6O3. The molecule has 2 fully saturated rings. The van der Waals surface area contributed by atoms with E-state index in [1.54, 1.807) is 16.9 Å². The van der Waals surface area contributed by atoms with E-state index in [4.69, 9.17) is 0 Å². The number of aromatic nitrogens is 5. The molecule has 0 radical (unpaired) electrons. The SMILES string of the molecule is CC1(C)CN(C(=O)c2cccc([C@H]3C[C@@H]3c3cc(-c4c[nH]c(=O)[nH]c4=O)nn4ccnc34)c2)C1. The first-order chi connectivity index (χ1) is 16.3. The summed E-state index contributed by atoms with van der Waals surface area (Å²) in [6.07, 6.45) is 5.72. The summed E-state index contributed by atoms with van der Waals surface area (Å²) >= 11 is 0. The molecule has 4 aromatic rings. The lowest BCUT2D eigenvalue weighted by molar-refractivity contribution is 0.0236. The summed E-state index contributed by atoms with van der Waals surface area (Å²) in [7, 11) is 0. The molecule has 0 spiro atoms. The molecular weight excluding hydrogens is 432 g/mol. The van der Waals surface area contributed by atoms with Crippen LogP contribution in [0.1, 0.15) is 53.6 Å². The van der Waals surface area contributed by atoms with Gasteiger partial charge in [0.15, 0.2) is 5.65 Å². The Labute approximate surface area is 194 Å². The van der Waals surface area contributed by atoms with Crippen molar-refractivity contribution in [3.8, 4) is 11.3 Å². The molecule has 9 heteroatoms. The minimum Gasteiger partial charge on any atom is -0.337 e. The standard InChI is InChI=1S/C25H24N6O3/c1-25(2)12-30(13-25)23(33)15-5-3-4-14(8-15)16-9-17(16)18-10-20(29-31-7-6-26-21(18)31)19-11-27-24(34)28-22(19)32/h3-8,10-11,16-17H,9,12-13H2,1-2H3,(H2,27,28,32,34)/t16-,17+/m1/s1. The maximum Gasteiger partial charge on any atom is 0.325 e. The number of fused-ring (bicyclic) bond motifs is 1. The van der Waals surface area contributed by atoms with Gasteiger partial charge in [-0.1, -0.05) is 26.0 Å². The van der Waals surface area contributed by atoms with Gasteiger partial charge in [0, 0.05) is 42.8 Å². The largest absolute Gasteiger partial charge is 0.337 e. The normalized spacial score (nSPS) is 20.8. The van der Waals surface area contributed by atoms with E-state index < -0.39 is 11.2 Å². The fraction of sp³-hybridized carbons (Fsp3) is 0.320. The second-order valence-electron chi connectivity index (χ2n) is 10.1. The molecule has 172 valence electrons. The third-order valence-electron chi connectivity index (χ3n) is 6.76. The zero-order valence-corrected chi connectivity index (χ0v) is 18.9. The van der Waals surface area contributed by atoms with Crippen LogP contribution in [0, 0.1) is 5.41 Å². The van der Waals surface area contributed by atoms with Crippen LogP contribution in [0.25, 0.3) is 16.9 Å². The molecule has 9 nitrogen and oxygen atoms in total. The molecule has 1 saturated heterocycles. The summed E-state index contributed by atoms with van der Waals surface area (Å²) in [6.45, 7) is 5.90. The highest BCUT2D eigenvalue weighted by molar-refractivity contribution is 5.95. The number of hydrogen-bond donors (Lipinski definition) is 2. The third kappa shape index (κ3) is 3.44. The monoisotopic (exact) mass is 456 g/mol. The highest BCUT2D eigenvalue weighted by atomic mass is 16.2. The van der Waals surface area contributed by atoms with Gasteiger partial charge < -0.3 is 9.88 Å². The topological polar surface area (TPSA) is 116 Å². The molecule has 1 aromatic carbocycles. The second-order valence-corrected chi connectivity index (χ2v) is 10.1. The number of H-pyrrole nitrogens is 2. The van der Waals surface area contributed by atoms with Crippen LogP contribution >= 0.6 is 0 Å². The Kier molecular flexibility index (Phi) is 4.39. The first kappa shape index (κ1) is 20.6. The fourth-order valence-corrected chi connectivity index (χ4v) is 5.07. The van der Waals surface area contributed by atoms with Crippen LogP contribution in [-0.2, 0) is 0 Å². The van der Waals surface area contributed by atoms with E-state index in [-0.39, 0.29) is 23.2 Å². The Bertz CT molecular complexity index is 1550. The zero-order chi connectivity index (χ0) is 23.6. The van der Waals surface area contributed by atoms with Gasteiger partial charge in [0.1, 0.15) is 0 Å². The van der Waals surface area contributed by atoms with Crippen LogP contribution < -0.4 is 11.2 Å². The van der Waals surface area contributed by atoms with Crippen LogP contribution in [0.5, 0.6) is 0 Å². The molecule has 4 heterocycles. The van der Waals surface area contributed by atoms with Crippen LogP contribution in [0.2, 0.25) is 0 Å². The van der Waals surface area contributed by atoms with E-state index in [1.165, 1.54) is 6.20 Å². The number of nitrogens with one attached hydrogen (secondary N) is 2. The molecule has 0 bridgehead atoms. The summed E-state index contributed by atoms with van der Waals surface area (Å²) in [5.41, 5.74) is 3.48. The first-order valence-corrected chi connectivity index (χ1v) is 11.3. The highest BCUT2D eigenvalue weighted by Crippen LogP contribution is 2.55. The van der Waals surface area contributed by atoms with Gasteiger partial charge >= 0.3 is 5.69 Å². The predicted octanol–water partition coefficient (Wildman–Crippen LogP) is 2.53. The van der Waals surface area contributed by atoms with Crippen molar-refractivity contribution in [2.45, 2.75) is 32.1 Å². The summed E-state index contributed by atoms with van der Waals surface area (Å²) in [6, 6.07) is 9.79. The van der Waals surface area contributed by atoms with Crippen LogP contribution in [-0.4, -0.2) is 48.5 Å².